The highest BCUT2D eigenvalue weighted by atomic mass is 16.5. The van der Waals surface area contributed by atoms with E-state index >= 15 is 0 Å². The number of carbonyl (C=O) groups excluding carboxylic acids is 1. The van der Waals surface area contributed by atoms with E-state index in [1.165, 1.54) is 7.11 Å². The summed E-state index contributed by atoms with van der Waals surface area (Å²) in [5, 5.41) is 2.20. The standard InChI is InChI=1S/C20H15N3O2/c1-25-20(24)15-8-4-7-14(9-15)18-12-22-19(23-18)17-10-13-5-2-3-6-16(13)11-21-17/h2-12H,1H3,(H,22,23). The van der Waals surface area contributed by atoms with Gasteiger partial charge >= 0.3 is 5.97 Å². The molecular weight excluding hydrogens is 314 g/mol. The number of aromatic nitrogens is 3. The number of carbonyl (C=O) groups is 1. The molecule has 0 amide bonds. The molecule has 0 aliphatic rings. The smallest absolute Gasteiger partial charge is 0.337 e. The van der Waals surface area contributed by atoms with Gasteiger partial charge in [-0.1, -0.05) is 36.4 Å². The third-order valence-electron chi connectivity index (χ3n) is 4.04. The highest BCUT2D eigenvalue weighted by Crippen LogP contribution is 2.24. The van der Waals surface area contributed by atoms with Gasteiger partial charge in [0.2, 0.25) is 0 Å². The van der Waals surface area contributed by atoms with Crippen molar-refractivity contribution in [3.63, 3.8) is 0 Å². The van der Waals surface area contributed by atoms with Crippen molar-refractivity contribution in [3.05, 3.63) is 72.6 Å². The Morgan fingerprint density at radius 3 is 2.64 bits per heavy atom. The van der Waals surface area contributed by atoms with E-state index in [1.807, 2.05) is 48.7 Å². The van der Waals surface area contributed by atoms with Gasteiger partial charge in [0.25, 0.3) is 0 Å². The van der Waals surface area contributed by atoms with Crippen LogP contribution in [-0.4, -0.2) is 28.0 Å². The first-order chi connectivity index (χ1) is 12.2. The van der Waals surface area contributed by atoms with Crippen LogP contribution in [0.3, 0.4) is 0 Å². The molecule has 5 heteroatoms. The molecule has 0 aliphatic heterocycles. The average Bonchev–Trinajstić information content (AvgIpc) is 3.17. The van der Waals surface area contributed by atoms with Gasteiger partial charge in [-0.25, -0.2) is 9.78 Å². The van der Waals surface area contributed by atoms with Crippen molar-refractivity contribution in [3.8, 4) is 22.8 Å². The van der Waals surface area contributed by atoms with E-state index < -0.39 is 0 Å². The molecule has 122 valence electrons. The number of hydrogen-bond acceptors (Lipinski definition) is 4. The molecule has 0 saturated heterocycles. The van der Waals surface area contributed by atoms with Gasteiger partial charge < -0.3 is 9.72 Å². The Hall–Kier alpha value is -3.47. The van der Waals surface area contributed by atoms with Gasteiger partial charge in [0.05, 0.1) is 24.6 Å². The summed E-state index contributed by atoms with van der Waals surface area (Å²) in [6, 6.07) is 17.3. The molecule has 0 radical (unpaired) electrons. The molecule has 5 nitrogen and oxygen atoms in total. The lowest BCUT2D eigenvalue weighted by Gasteiger charge is -2.02. The van der Waals surface area contributed by atoms with Crippen LogP contribution in [0, 0.1) is 0 Å². The van der Waals surface area contributed by atoms with Gasteiger partial charge in [0.15, 0.2) is 5.82 Å². The van der Waals surface area contributed by atoms with E-state index in [-0.39, 0.29) is 5.97 Å². The van der Waals surface area contributed by atoms with Crippen molar-refractivity contribution in [2.24, 2.45) is 0 Å². The molecule has 0 aliphatic carbocycles. The topological polar surface area (TPSA) is 67.9 Å². The van der Waals surface area contributed by atoms with Crippen molar-refractivity contribution in [2.75, 3.05) is 7.11 Å². The van der Waals surface area contributed by atoms with Crippen molar-refractivity contribution in [1.82, 2.24) is 15.0 Å². The number of nitrogens with one attached hydrogen (secondary N) is 1. The minimum Gasteiger partial charge on any atom is -0.465 e. The Bertz CT molecular complexity index is 1070. The summed E-state index contributed by atoms with van der Waals surface area (Å²) < 4.78 is 4.77. The molecule has 2 aromatic heterocycles. The Kier molecular flexibility index (Phi) is 3.74. The van der Waals surface area contributed by atoms with Crippen molar-refractivity contribution in [2.45, 2.75) is 0 Å². The van der Waals surface area contributed by atoms with Crippen molar-refractivity contribution < 1.29 is 9.53 Å². The summed E-state index contributed by atoms with van der Waals surface area (Å²) in [5.74, 6) is 0.321. The Labute approximate surface area is 144 Å². The third-order valence-corrected chi connectivity index (χ3v) is 4.04. The van der Waals surface area contributed by atoms with Gasteiger partial charge in [-0.3, -0.25) is 4.98 Å². The number of H-pyrrole nitrogens is 1. The molecule has 4 rings (SSSR count). The number of benzene rings is 2. The summed E-state index contributed by atoms with van der Waals surface area (Å²) in [4.78, 5) is 23.9. The number of nitrogens with zero attached hydrogens (tertiary/aromatic N) is 2. The van der Waals surface area contributed by atoms with E-state index in [2.05, 4.69) is 15.0 Å². The molecule has 0 unspecified atom stereocenters. The molecule has 0 atom stereocenters. The first-order valence-electron chi connectivity index (χ1n) is 7.83. The first-order valence-corrected chi connectivity index (χ1v) is 7.83. The van der Waals surface area contributed by atoms with Crippen LogP contribution in [-0.2, 0) is 4.74 Å². The molecule has 0 spiro atoms. The average molecular weight is 329 g/mol. The second-order valence-electron chi connectivity index (χ2n) is 5.63. The summed E-state index contributed by atoms with van der Waals surface area (Å²) in [7, 11) is 1.37. The zero-order valence-electron chi connectivity index (χ0n) is 13.6. The zero-order valence-corrected chi connectivity index (χ0v) is 13.6. The van der Waals surface area contributed by atoms with E-state index in [9.17, 15) is 4.79 Å². The number of hydrogen-bond donors (Lipinski definition) is 1. The van der Waals surface area contributed by atoms with E-state index in [1.54, 1.807) is 18.3 Å². The van der Waals surface area contributed by atoms with E-state index in [0.717, 1.165) is 27.7 Å². The van der Waals surface area contributed by atoms with Gasteiger partial charge in [0.1, 0.15) is 5.69 Å². The molecule has 4 aromatic rings. The second-order valence-corrected chi connectivity index (χ2v) is 5.63. The third kappa shape index (κ3) is 2.87. The number of imidazole rings is 1. The largest absolute Gasteiger partial charge is 0.465 e. The maximum absolute atomic E-state index is 11.7. The lowest BCUT2D eigenvalue weighted by molar-refractivity contribution is 0.0601. The van der Waals surface area contributed by atoms with Crippen LogP contribution in [0.2, 0.25) is 0 Å². The van der Waals surface area contributed by atoms with Gasteiger partial charge in [-0.05, 0) is 23.6 Å². The number of aromatic amines is 1. The fourth-order valence-corrected chi connectivity index (χ4v) is 2.74. The maximum atomic E-state index is 11.7. The predicted octanol–water partition coefficient (Wildman–Crippen LogP) is 4.08. The number of esters is 1. The number of ether oxygens (including phenoxy) is 1. The molecule has 1 N–H and O–H groups in total. The summed E-state index contributed by atoms with van der Waals surface area (Å²) in [6.07, 6.45) is 3.58. The van der Waals surface area contributed by atoms with Crippen LogP contribution in [0.25, 0.3) is 33.5 Å². The van der Waals surface area contributed by atoms with Crippen LogP contribution >= 0.6 is 0 Å². The fraction of sp³-hybridized carbons (Fsp3) is 0.0500. The van der Waals surface area contributed by atoms with Crippen LogP contribution in [0.5, 0.6) is 0 Å². The van der Waals surface area contributed by atoms with Crippen LogP contribution in [0.1, 0.15) is 10.4 Å². The van der Waals surface area contributed by atoms with Gasteiger partial charge in [0, 0.05) is 17.1 Å². The van der Waals surface area contributed by atoms with Gasteiger partial charge in [-0.15, -0.1) is 0 Å². The monoisotopic (exact) mass is 329 g/mol. The lowest BCUT2D eigenvalue weighted by Crippen LogP contribution is -2.00. The number of methoxy groups -OCH3 is 1. The first kappa shape index (κ1) is 15.1. The number of pyridine rings is 1. The minimum atomic E-state index is -0.363. The number of rotatable bonds is 3. The second kappa shape index (κ2) is 6.20. The lowest BCUT2D eigenvalue weighted by atomic mass is 10.1. The highest BCUT2D eigenvalue weighted by Gasteiger charge is 2.10. The number of fused-ring (bicyclic) bond motifs is 1. The Morgan fingerprint density at radius 1 is 0.960 bits per heavy atom. The van der Waals surface area contributed by atoms with Gasteiger partial charge in [-0.2, -0.15) is 0 Å². The van der Waals surface area contributed by atoms with E-state index in [4.69, 9.17) is 4.74 Å². The molecule has 25 heavy (non-hydrogen) atoms. The van der Waals surface area contributed by atoms with Crippen LogP contribution < -0.4 is 0 Å². The van der Waals surface area contributed by atoms with Crippen molar-refractivity contribution >= 4 is 16.7 Å². The molecule has 0 saturated carbocycles. The summed E-state index contributed by atoms with van der Waals surface area (Å²) >= 11 is 0. The highest BCUT2D eigenvalue weighted by molar-refractivity contribution is 5.91. The molecule has 2 aromatic carbocycles. The summed E-state index contributed by atoms with van der Waals surface area (Å²) in [6.45, 7) is 0. The Morgan fingerprint density at radius 2 is 1.80 bits per heavy atom. The Balaban J connectivity index is 1.71. The quantitative estimate of drug-likeness (QED) is 0.575. The SMILES string of the molecule is COC(=O)c1cccc(-c2cnc(-c3cc4ccccc4cn3)[nH]2)c1. The van der Waals surface area contributed by atoms with E-state index in [0.29, 0.717) is 11.4 Å². The molecule has 0 fully saturated rings. The maximum Gasteiger partial charge on any atom is 0.337 e. The predicted molar refractivity (Wildman–Crippen MR) is 96.1 cm³/mol. The fourth-order valence-electron chi connectivity index (χ4n) is 2.74. The van der Waals surface area contributed by atoms with Crippen LogP contribution in [0.15, 0.2) is 67.0 Å². The molecule has 0 bridgehead atoms. The zero-order chi connectivity index (χ0) is 17.2. The molecular formula is C20H15N3O2. The summed E-state index contributed by atoms with van der Waals surface area (Å²) in [5.41, 5.74) is 2.95. The van der Waals surface area contributed by atoms with Crippen molar-refractivity contribution in [1.29, 1.82) is 0 Å². The van der Waals surface area contributed by atoms with Crippen LogP contribution in [0.4, 0.5) is 0 Å². The molecule has 2 heterocycles. The minimum absolute atomic E-state index is 0.363. The normalized spacial score (nSPS) is 10.8.